The number of amides is 3. The zero-order valence-electron chi connectivity index (χ0n) is 18.1. The highest BCUT2D eigenvalue weighted by Crippen LogP contribution is 2.34. The van der Waals surface area contributed by atoms with Gasteiger partial charge in [0.1, 0.15) is 11.8 Å². The molecule has 2 N–H and O–H groups in total. The Kier molecular flexibility index (Phi) is 7.64. The Morgan fingerprint density at radius 3 is 2.47 bits per heavy atom. The number of nitrogens with one attached hydrogen (secondary N) is 2. The second-order valence-electron chi connectivity index (χ2n) is 7.84. The van der Waals surface area contributed by atoms with Crippen molar-refractivity contribution in [2.24, 2.45) is 5.92 Å². The Morgan fingerprint density at radius 2 is 1.88 bits per heavy atom. The van der Waals surface area contributed by atoms with E-state index in [1.165, 1.54) is 19.2 Å². The summed E-state index contributed by atoms with van der Waals surface area (Å²) in [5.74, 6) is -0.514. The number of nitrogens with zero attached hydrogens (tertiary/aromatic N) is 1. The lowest BCUT2D eigenvalue weighted by molar-refractivity contribution is -0.119. The van der Waals surface area contributed by atoms with Crippen LogP contribution in [0.5, 0.6) is 5.75 Å². The van der Waals surface area contributed by atoms with Crippen LogP contribution in [0.4, 0.5) is 11.4 Å². The van der Waals surface area contributed by atoms with Gasteiger partial charge in [-0.1, -0.05) is 37.0 Å². The van der Waals surface area contributed by atoms with Crippen molar-refractivity contribution >= 4 is 52.3 Å². The van der Waals surface area contributed by atoms with Gasteiger partial charge in [-0.05, 0) is 42.7 Å². The summed E-state index contributed by atoms with van der Waals surface area (Å²) in [7, 11) is 1.51. The summed E-state index contributed by atoms with van der Waals surface area (Å²) >= 11 is 12.0. The first kappa shape index (κ1) is 23.9. The van der Waals surface area contributed by atoms with Crippen LogP contribution in [0.2, 0.25) is 10.0 Å². The number of benzene rings is 2. The number of hydrogen-bond donors (Lipinski definition) is 2. The average molecular weight is 478 g/mol. The van der Waals surface area contributed by atoms with Crippen molar-refractivity contribution < 1.29 is 19.1 Å². The molecule has 1 aliphatic heterocycles. The minimum Gasteiger partial charge on any atom is -0.494 e. The van der Waals surface area contributed by atoms with Crippen molar-refractivity contribution in [3.63, 3.8) is 0 Å². The quantitative estimate of drug-likeness (QED) is 0.613. The summed E-state index contributed by atoms with van der Waals surface area (Å²) in [6, 6.07) is 8.85. The molecule has 170 valence electrons. The first-order valence-corrected chi connectivity index (χ1v) is 11.0. The van der Waals surface area contributed by atoms with Gasteiger partial charge in [-0.25, -0.2) is 0 Å². The maximum Gasteiger partial charge on any atom is 0.253 e. The lowest BCUT2D eigenvalue weighted by Crippen LogP contribution is -2.47. The molecule has 1 aliphatic rings. The number of methoxy groups -OCH3 is 1. The molecule has 7 nitrogen and oxygen atoms in total. The molecule has 1 atom stereocenters. The zero-order valence-corrected chi connectivity index (χ0v) is 19.6. The molecule has 3 rings (SSSR count). The molecule has 0 saturated carbocycles. The molecular weight excluding hydrogens is 453 g/mol. The molecule has 3 amide bonds. The highest BCUT2D eigenvalue weighted by atomic mass is 35.5. The van der Waals surface area contributed by atoms with Crippen LogP contribution in [0.15, 0.2) is 36.4 Å². The molecule has 2 aromatic carbocycles. The smallest absolute Gasteiger partial charge is 0.253 e. The van der Waals surface area contributed by atoms with Crippen molar-refractivity contribution in [2.45, 2.75) is 32.7 Å². The van der Waals surface area contributed by atoms with E-state index in [0.717, 1.165) is 6.42 Å². The van der Waals surface area contributed by atoms with Crippen molar-refractivity contribution in [3.8, 4) is 5.75 Å². The van der Waals surface area contributed by atoms with Gasteiger partial charge in [0.05, 0.1) is 23.4 Å². The summed E-state index contributed by atoms with van der Waals surface area (Å²) in [5.41, 5.74) is 1.39. The number of carbonyl (C=O) groups is 3. The zero-order chi connectivity index (χ0) is 23.4. The van der Waals surface area contributed by atoms with Crippen molar-refractivity contribution in [2.75, 3.05) is 23.9 Å². The van der Waals surface area contributed by atoms with Crippen molar-refractivity contribution in [3.05, 3.63) is 52.0 Å². The van der Waals surface area contributed by atoms with Crippen LogP contribution in [-0.4, -0.2) is 37.4 Å². The Balaban J connectivity index is 1.75. The van der Waals surface area contributed by atoms with Gasteiger partial charge in [-0.2, -0.15) is 0 Å². The standard InChI is InChI=1S/C23H25Cl2N3O4/c1-13(2)21(27-22(30)16-8-6-14(24)11-17(16)25)23(31)26-15-7-9-18(19(12-15)32-3)28-10-4-5-20(28)29/h6-9,11-13,21H,4-5,10H2,1-3H3,(H,26,31)(H,27,30)/t21-/m0/s1. The molecule has 0 aromatic heterocycles. The van der Waals surface area contributed by atoms with E-state index in [0.29, 0.717) is 35.1 Å². The van der Waals surface area contributed by atoms with Gasteiger partial charge < -0.3 is 20.3 Å². The first-order chi connectivity index (χ1) is 15.2. The molecule has 0 spiro atoms. The van der Waals surface area contributed by atoms with Gasteiger partial charge >= 0.3 is 0 Å². The fourth-order valence-corrected chi connectivity index (χ4v) is 4.02. The molecule has 0 bridgehead atoms. The lowest BCUT2D eigenvalue weighted by Gasteiger charge is -2.23. The second-order valence-corrected chi connectivity index (χ2v) is 8.69. The molecule has 0 unspecified atom stereocenters. The summed E-state index contributed by atoms with van der Waals surface area (Å²) in [5, 5.41) is 6.18. The van der Waals surface area contributed by atoms with Crippen molar-refractivity contribution in [1.82, 2.24) is 5.32 Å². The van der Waals surface area contributed by atoms with E-state index in [4.69, 9.17) is 27.9 Å². The molecule has 32 heavy (non-hydrogen) atoms. The Hall–Kier alpha value is -2.77. The van der Waals surface area contributed by atoms with Crippen LogP contribution in [-0.2, 0) is 9.59 Å². The fraction of sp³-hybridized carbons (Fsp3) is 0.348. The van der Waals surface area contributed by atoms with E-state index in [2.05, 4.69) is 10.6 Å². The van der Waals surface area contributed by atoms with Gasteiger partial charge in [-0.3, -0.25) is 14.4 Å². The number of carbonyl (C=O) groups excluding carboxylic acids is 3. The predicted molar refractivity (Wildman–Crippen MR) is 126 cm³/mol. The molecular formula is C23H25Cl2N3O4. The fourth-order valence-electron chi connectivity index (χ4n) is 3.53. The normalized spacial score (nSPS) is 14.4. The lowest BCUT2D eigenvalue weighted by atomic mass is 10.0. The van der Waals surface area contributed by atoms with Crippen LogP contribution in [0.25, 0.3) is 0 Å². The third-order valence-corrected chi connectivity index (χ3v) is 5.77. The number of anilines is 2. The van der Waals surface area contributed by atoms with Crippen molar-refractivity contribution in [1.29, 1.82) is 0 Å². The molecule has 1 heterocycles. The highest BCUT2D eigenvalue weighted by molar-refractivity contribution is 6.36. The van der Waals surface area contributed by atoms with Crippen LogP contribution in [0.3, 0.4) is 0 Å². The van der Waals surface area contributed by atoms with E-state index < -0.39 is 11.9 Å². The SMILES string of the molecule is COc1cc(NC(=O)[C@@H](NC(=O)c2ccc(Cl)cc2Cl)C(C)C)ccc1N1CCCC1=O. The molecule has 0 aliphatic carbocycles. The Morgan fingerprint density at radius 1 is 1.12 bits per heavy atom. The molecule has 0 radical (unpaired) electrons. The second kappa shape index (κ2) is 10.2. The monoisotopic (exact) mass is 477 g/mol. The van der Waals surface area contributed by atoms with E-state index >= 15 is 0 Å². The highest BCUT2D eigenvalue weighted by Gasteiger charge is 2.27. The van der Waals surface area contributed by atoms with Crippen LogP contribution >= 0.6 is 23.2 Å². The Labute approximate surface area is 197 Å². The van der Waals surface area contributed by atoms with E-state index in [-0.39, 0.29) is 28.3 Å². The number of halogens is 2. The van der Waals surface area contributed by atoms with E-state index in [1.54, 1.807) is 29.2 Å². The number of rotatable bonds is 7. The maximum absolute atomic E-state index is 13.0. The predicted octanol–water partition coefficient (Wildman–Crippen LogP) is 4.52. The maximum atomic E-state index is 13.0. The number of hydrogen-bond acceptors (Lipinski definition) is 4. The van der Waals surface area contributed by atoms with Gasteiger partial charge in [0.15, 0.2) is 0 Å². The van der Waals surface area contributed by atoms with Gasteiger partial charge in [-0.15, -0.1) is 0 Å². The van der Waals surface area contributed by atoms with E-state index in [1.807, 2.05) is 13.8 Å². The van der Waals surface area contributed by atoms with Crippen LogP contribution in [0, 0.1) is 5.92 Å². The Bertz CT molecular complexity index is 1040. The average Bonchev–Trinajstić information content (AvgIpc) is 3.17. The van der Waals surface area contributed by atoms with Gasteiger partial charge in [0.2, 0.25) is 11.8 Å². The van der Waals surface area contributed by atoms with Crippen LogP contribution in [0.1, 0.15) is 37.0 Å². The molecule has 1 saturated heterocycles. The summed E-state index contributed by atoms with van der Waals surface area (Å²) < 4.78 is 5.44. The van der Waals surface area contributed by atoms with Gasteiger partial charge in [0, 0.05) is 29.7 Å². The van der Waals surface area contributed by atoms with Crippen LogP contribution < -0.4 is 20.3 Å². The first-order valence-electron chi connectivity index (χ1n) is 10.3. The number of ether oxygens (including phenoxy) is 1. The third kappa shape index (κ3) is 5.34. The molecule has 2 aromatic rings. The summed E-state index contributed by atoms with van der Waals surface area (Å²) in [6.07, 6.45) is 1.31. The van der Waals surface area contributed by atoms with E-state index in [9.17, 15) is 14.4 Å². The summed E-state index contributed by atoms with van der Waals surface area (Å²) in [6.45, 7) is 4.29. The topological polar surface area (TPSA) is 87.7 Å². The van der Waals surface area contributed by atoms with Gasteiger partial charge in [0.25, 0.3) is 5.91 Å². The molecule has 9 heteroatoms. The molecule has 1 fully saturated rings. The third-order valence-electron chi connectivity index (χ3n) is 5.22. The summed E-state index contributed by atoms with van der Waals surface area (Å²) in [4.78, 5) is 39.4. The largest absolute Gasteiger partial charge is 0.494 e. The minimum absolute atomic E-state index is 0.0449. The minimum atomic E-state index is -0.805.